The first-order valence-corrected chi connectivity index (χ1v) is 7.46. The summed E-state index contributed by atoms with van der Waals surface area (Å²) >= 11 is 0. The molecule has 2 heterocycles. The van der Waals surface area contributed by atoms with Gasteiger partial charge in [0.1, 0.15) is 0 Å². The molecule has 4 nitrogen and oxygen atoms in total. The maximum atomic E-state index is 12.2. The summed E-state index contributed by atoms with van der Waals surface area (Å²) in [7, 11) is 0. The zero-order chi connectivity index (χ0) is 13.0. The standard InChI is InChI=1S/C14H27N3O/c1-2-12-11-17(10-5-13(12)15)14(18)6-9-16-7-3-4-8-16/h12-13H,2-11,15H2,1H3. The molecule has 0 saturated carbocycles. The largest absolute Gasteiger partial charge is 0.342 e. The molecule has 18 heavy (non-hydrogen) atoms. The minimum atomic E-state index is 0.289. The molecule has 2 atom stereocenters. The van der Waals surface area contributed by atoms with E-state index in [0.717, 1.165) is 32.5 Å². The molecule has 1 amide bonds. The Bertz CT molecular complexity index is 276. The Morgan fingerprint density at radius 1 is 1.28 bits per heavy atom. The van der Waals surface area contributed by atoms with Crippen LogP contribution in [0.4, 0.5) is 0 Å². The molecule has 0 bridgehead atoms. The van der Waals surface area contributed by atoms with Crippen LogP contribution < -0.4 is 5.73 Å². The van der Waals surface area contributed by atoms with E-state index in [2.05, 4.69) is 11.8 Å². The van der Waals surface area contributed by atoms with Gasteiger partial charge in [0.05, 0.1) is 0 Å². The lowest BCUT2D eigenvalue weighted by Crippen LogP contribution is -2.49. The summed E-state index contributed by atoms with van der Waals surface area (Å²) in [6, 6.07) is 0.289. The third kappa shape index (κ3) is 3.45. The van der Waals surface area contributed by atoms with Crippen molar-refractivity contribution in [2.45, 2.75) is 45.1 Å². The molecule has 0 aromatic heterocycles. The number of piperidine rings is 1. The first kappa shape index (κ1) is 13.8. The Labute approximate surface area is 110 Å². The highest BCUT2D eigenvalue weighted by atomic mass is 16.2. The predicted molar refractivity (Wildman–Crippen MR) is 73.2 cm³/mol. The number of rotatable bonds is 4. The molecule has 0 spiro atoms. The van der Waals surface area contributed by atoms with Gasteiger partial charge < -0.3 is 15.5 Å². The van der Waals surface area contributed by atoms with E-state index >= 15 is 0 Å². The van der Waals surface area contributed by atoms with Crippen LogP contribution in [0.15, 0.2) is 0 Å². The fourth-order valence-corrected chi connectivity index (χ4v) is 3.13. The lowest BCUT2D eigenvalue weighted by molar-refractivity contribution is -0.133. The molecule has 0 aliphatic carbocycles. The van der Waals surface area contributed by atoms with E-state index in [1.54, 1.807) is 0 Å². The first-order chi connectivity index (χ1) is 8.70. The molecule has 4 heteroatoms. The van der Waals surface area contributed by atoms with Crippen molar-refractivity contribution in [3.05, 3.63) is 0 Å². The summed E-state index contributed by atoms with van der Waals surface area (Å²) in [5, 5.41) is 0. The zero-order valence-electron chi connectivity index (χ0n) is 11.6. The molecular weight excluding hydrogens is 226 g/mol. The van der Waals surface area contributed by atoms with E-state index in [4.69, 9.17) is 5.73 Å². The van der Waals surface area contributed by atoms with Gasteiger partial charge in [-0.3, -0.25) is 4.79 Å². The molecule has 2 saturated heterocycles. The predicted octanol–water partition coefficient (Wildman–Crippen LogP) is 1.06. The second-order valence-corrected chi connectivity index (χ2v) is 5.76. The van der Waals surface area contributed by atoms with E-state index in [-0.39, 0.29) is 6.04 Å². The molecule has 104 valence electrons. The highest BCUT2D eigenvalue weighted by Gasteiger charge is 2.28. The topological polar surface area (TPSA) is 49.6 Å². The highest BCUT2D eigenvalue weighted by Crippen LogP contribution is 2.19. The van der Waals surface area contributed by atoms with Gasteiger partial charge in [0.2, 0.25) is 5.91 Å². The second-order valence-electron chi connectivity index (χ2n) is 5.76. The lowest BCUT2D eigenvalue weighted by atomic mass is 9.90. The molecular formula is C14H27N3O. The van der Waals surface area contributed by atoms with Gasteiger partial charge in [-0.2, -0.15) is 0 Å². The summed E-state index contributed by atoms with van der Waals surface area (Å²) in [5.41, 5.74) is 6.08. The van der Waals surface area contributed by atoms with Crippen molar-refractivity contribution in [3.63, 3.8) is 0 Å². The number of hydrogen-bond donors (Lipinski definition) is 1. The van der Waals surface area contributed by atoms with Crippen LogP contribution in [0, 0.1) is 5.92 Å². The van der Waals surface area contributed by atoms with E-state index < -0.39 is 0 Å². The number of nitrogens with zero attached hydrogens (tertiary/aromatic N) is 2. The summed E-state index contributed by atoms with van der Waals surface area (Å²) < 4.78 is 0. The van der Waals surface area contributed by atoms with Crippen LogP contribution in [-0.4, -0.2) is 54.5 Å². The van der Waals surface area contributed by atoms with Crippen molar-refractivity contribution in [2.24, 2.45) is 11.7 Å². The zero-order valence-corrected chi connectivity index (χ0v) is 11.6. The summed E-state index contributed by atoms with van der Waals surface area (Å²) in [6.07, 6.45) is 5.33. The molecule has 2 aliphatic rings. The summed E-state index contributed by atoms with van der Waals surface area (Å²) in [6.45, 7) is 7.19. The normalized spacial score (nSPS) is 29.8. The van der Waals surface area contributed by atoms with E-state index in [0.29, 0.717) is 18.2 Å². The Morgan fingerprint density at radius 2 is 2.00 bits per heavy atom. The van der Waals surface area contributed by atoms with Gasteiger partial charge >= 0.3 is 0 Å². The molecule has 2 N–H and O–H groups in total. The monoisotopic (exact) mass is 253 g/mol. The third-order valence-corrected chi connectivity index (χ3v) is 4.51. The lowest BCUT2D eigenvalue weighted by Gasteiger charge is -2.36. The average Bonchev–Trinajstić information content (AvgIpc) is 2.89. The van der Waals surface area contributed by atoms with Crippen LogP contribution in [-0.2, 0) is 4.79 Å². The molecule has 0 aromatic rings. The van der Waals surface area contributed by atoms with Crippen LogP contribution in [0.25, 0.3) is 0 Å². The smallest absolute Gasteiger partial charge is 0.223 e. The number of carbonyl (C=O) groups excluding carboxylic acids is 1. The van der Waals surface area contributed by atoms with E-state index in [1.807, 2.05) is 4.90 Å². The number of hydrogen-bond acceptors (Lipinski definition) is 3. The SMILES string of the molecule is CCC1CN(C(=O)CCN2CCCC2)CCC1N. The van der Waals surface area contributed by atoms with Crippen LogP contribution in [0.2, 0.25) is 0 Å². The minimum Gasteiger partial charge on any atom is -0.342 e. The van der Waals surface area contributed by atoms with Gasteiger partial charge in [0, 0.05) is 32.1 Å². The van der Waals surface area contributed by atoms with Crippen LogP contribution in [0.5, 0.6) is 0 Å². The van der Waals surface area contributed by atoms with Gasteiger partial charge in [0.25, 0.3) is 0 Å². The first-order valence-electron chi connectivity index (χ1n) is 7.46. The Balaban J connectivity index is 1.74. The number of carbonyl (C=O) groups is 1. The van der Waals surface area contributed by atoms with E-state index in [1.165, 1.54) is 25.9 Å². The Hall–Kier alpha value is -0.610. The quantitative estimate of drug-likeness (QED) is 0.815. The summed E-state index contributed by atoms with van der Waals surface area (Å²) in [4.78, 5) is 16.6. The molecule has 2 unspecified atom stereocenters. The fraction of sp³-hybridized carbons (Fsp3) is 0.929. The van der Waals surface area contributed by atoms with E-state index in [9.17, 15) is 4.79 Å². The molecule has 2 aliphatic heterocycles. The average molecular weight is 253 g/mol. The van der Waals surface area contributed by atoms with Crippen LogP contribution in [0.1, 0.15) is 39.0 Å². The fourth-order valence-electron chi connectivity index (χ4n) is 3.13. The summed E-state index contributed by atoms with van der Waals surface area (Å²) in [5.74, 6) is 0.821. The maximum absolute atomic E-state index is 12.2. The third-order valence-electron chi connectivity index (χ3n) is 4.51. The number of amides is 1. The highest BCUT2D eigenvalue weighted by molar-refractivity contribution is 5.76. The molecule has 2 fully saturated rings. The van der Waals surface area contributed by atoms with Gasteiger partial charge in [0.15, 0.2) is 0 Å². The van der Waals surface area contributed by atoms with Gasteiger partial charge in [-0.15, -0.1) is 0 Å². The second kappa shape index (κ2) is 6.53. The number of nitrogens with two attached hydrogens (primary N) is 1. The maximum Gasteiger partial charge on any atom is 0.223 e. The Morgan fingerprint density at radius 3 is 2.67 bits per heavy atom. The van der Waals surface area contributed by atoms with Crippen LogP contribution >= 0.6 is 0 Å². The minimum absolute atomic E-state index is 0.289. The van der Waals surface area contributed by atoms with Crippen molar-refractivity contribution >= 4 is 5.91 Å². The molecule has 2 rings (SSSR count). The van der Waals surface area contributed by atoms with Crippen molar-refractivity contribution in [1.29, 1.82) is 0 Å². The van der Waals surface area contributed by atoms with Crippen LogP contribution in [0.3, 0.4) is 0 Å². The van der Waals surface area contributed by atoms with Gasteiger partial charge in [-0.1, -0.05) is 13.3 Å². The van der Waals surface area contributed by atoms with Crippen molar-refractivity contribution in [2.75, 3.05) is 32.7 Å². The van der Waals surface area contributed by atoms with Gasteiger partial charge in [-0.25, -0.2) is 0 Å². The van der Waals surface area contributed by atoms with Crippen molar-refractivity contribution in [1.82, 2.24) is 9.80 Å². The molecule has 0 radical (unpaired) electrons. The molecule has 0 aromatic carbocycles. The van der Waals surface area contributed by atoms with Crippen molar-refractivity contribution in [3.8, 4) is 0 Å². The van der Waals surface area contributed by atoms with Gasteiger partial charge in [-0.05, 0) is 38.3 Å². The van der Waals surface area contributed by atoms with Crippen molar-refractivity contribution < 1.29 is 4.79 Å². The Kier molecular flexibility index (Phi) is 5.01. The number of likely N-dealkylation sites (tertiary alicyclic amines) is 2.